The van der Waals surface area contributed by atoms with Crippen LogP contribution in [0.5, 0.6) is 5.75 Å². The zero-order valence-corrected chi connectivity index (χ0v) is 13.2. The Morgan fingerprint density at radius 3 is 2.52 bits per heavy atom. The second kappa shape index (κ2) is 6.94. The van der Waals surface area contributed by atoms with Crippen LogP contribution in [0.15, 0.2) is 24.3 Å². The highest BCUT2D eigenvalue weighted by Gasteiger charge is 2.22. The van der Waals surface area contributed by atoms with Crippen LogP contribution in [-0.2, 0) is 10.2 Å². The average Bonchev–Trinajstić information content (AvgIpc) is 3.29. The third kappa shape index (κ3) is 5.05. The van der Waals surface area contributed by atoms with Gasteiger partial charge in [0.15, 0.2) is 0 Å². The molecule has 4 nitrogen and oxygen atoms in total. The predicted molar refractivity (Wildman–Crippen MR) is 84.6 cm³/mol. The van der Waals surface area contributed by atoms with E-state index in [0.717, 1.165) is 18.2 Å². The molecule has 2 N–H and O–H groups in total. The second-order valence-electron chi connectivity index (χ2n) is 6.46. The number of ether oxygens (including phenoxy) is 1. The summed E-state index contributed by atoms with van der Waals surface area (Å²) in [5.41, 5.74) is 1.09. The number of carbonyl (C=O) groups is 1. The van der Waals surface area contributed by atoms with Gasteiger partial charge in [-0.25, -0.2) is 0 Å². The molecule has 4 heteroatoms. The summed E-state index contributed by atoms with van der Waals surface area (Å²) < 4.78 is 5.17. The highest BCUT2D eigenvalue weighted by Crippen LogP contribution is 2.27. The maximum Gasteiger partial charge on any atom is 0.233 e. The van der Waals surface area contributed by atoms with Crippen LogP contribution in [0.25, 0.3) is 0 Å². The van der Waals surface area contributed by atoms with Gasteiger partial charge in [-0.1, -0.05) is 26.0 Å². The van der Waals surface area contributed by atoms with E-state index in [4.69, 9.17) is 4.74 Å². The monoisotopic (exact) mass is 290 g/mol. The van der Waals surface area contributed by atoms with Crippen molar-refractivity contribution in [1.29, 1.82) is 0 Å². The Kier molecular flexibility index (Phi) is 5.23. The maximum absolute atomic E-state index is 11.8. The molecule has 0 radical (unpaired) electrons. The highest BCUT2D eigenvalue weighted by atomic mass is 16.5. The molecule has 1 aromatic carbocycles. The minimum Gasteiger partial charge on any atom is -0.497 e. The maximum atomic E-state index is 11.8. The van der Waals surface area contributed by atoms with Crippen LogP contribution in [0.1, 0.15) is 32.3 Å². The van der Waals surface area contributed by atoms with Crippen molar-refractivity contribution < 1.29 is 9.53 Å². The molecule has 21 heavy (non-hydrogen) atoms. The number of hydrogen-bond acceptors (Lipinski definition) is 3. The summed E-state index contributed by atoms with van der Waals surface area (Å²) >= 11 is 0. The van der Waals surface area contributed by atoms with E-state index in [2.05, 4.69) is 36.6 Å². The SMILES string of the molecule is COc1ccc(C(C)(C)CNC(=O)CNCC2CC2)cc1. The molecule has 0 bridgehead atoms. The number of methoxy groups -OCH3 is 1. The summed E-state index contributed by atoms with van der Waals surface area (Å²) in [6.07, 6.45) is 2.61. The lowest BCUT2D eigenvalue weighted by molar-refractivity contribution is -0.120. The number of nitrogens with one attached hydrogen (secondary N) is 2. The van der Waals surface area contributed by atoms with Gasteiger partial charge in [0.25, 0.3) is 0 Å². The van der Waals surface area contributed by atoms with E-state index in [1.807, 2.05) is 12.1 Å². The topological polar surface area (TPSA) is 50.4 Å². The summed E-state index contributed by atoms with van der Waals surface area (Å²) in [6.45, 7) is 6.27. The van der Waals surface area contributed by atoms with Gasteiger partial charge in [-0.2, -0.15) is 0 Å². The number of amides is 1. The Balaban J connectivity index is 1.77. The van der Waals surface area contributed by atoms with E-state index in [0.29, 0.717) is 13.1 Å². The molecule has 0 aromatic heterocycles. The van der Waals surface area contributed by atoms with E-state index in [1.54, 1.807) is 7.11 Å². The van der Waals surface area contributed by atoms with Gasteiger partial charge in [-0.3, -0.25) is 4.79 Å². The molecule has 0 aliphatic heterocycles. The molecular weight excluding hydrogens is 264 g/mol. The summed E-state index contributed by atoms with van der Waals surface area (Å²) in [4.78, 5) is 11.8. The molecule has 0 atom stereocenters. The number of rotatable bonds is 8. The zero-order valence-electron chi connectivity index (χ0n) is 13.2. The molecule has 1 saturated carbocycles. The van der Waals surface area contributed by atoms with Gasteiger partial charge in [0.05, 0.1) is 13.7 Å². The first-order chi connectivity index (χ1) is 10.0. The quantitative estimate of drug-likeness (QED) is 0.771. The smallest absolute Gasteiger partial charge is 0.233 e. The van der Waals surface area contributed by atoms with E-state index < -0.39 is 0 Å². The normalized spacial score (nSPS) is 14.8. The van der Waals surface area contributed by atoms with Gasteiger partial charge in [0.2, 0.25) is 5.91 Å². The first-order valence-electron chi connectivity index (χ1n) is 7.63. The first-order valence-corrected chi connectivity index (χ1v) is 7.63. The van der Waals surface area contributed by atoms with E-state index in [-0.39, 0.29) is 11.3 Å². The van der Waals surface area contributed by atoms with Crippen molar-refractivity contribution in [1.82, 2.24) is 10.6 Å². The summed E-state index contributed by atoms with van der Waals surface area (Å²) in [6, 6.07) is 8.01. The van der Waals surface area contributed by atoms with Gasteiger partial charge in [0, 0.05) is 12.0 Å². The van der Waals surface area contributed by atoms with Gasteiger partial charge in [-0.05, 0) is 43.0 Å². The fourth-order valence-corrected chi connectivity index (χ4v) is 2.24. The fraction of sp³-hybridized carbons (Fsp3) is 0.588. The Bertz CT molecular complexity index is 464. The van der Waals surface area contributed by atoms with Crippen LogP contribution in [0, 0.1) is 5.92 Å². The van der Waals surface area contributed by atoms with E-state index >= 15 is 0 Å². The molecule has 0 heterocycles. The van der Waals surface area contributed by atoms with Crippen LogP contribution in [-0.4, -0.2) is 32.7 Å². The van der Waals surface area contributed by atoms with Gasteiger partial charge in [-0.15, -0.1) is 0 Å². The fourth-order valence-electron chi connectivity index (χ4n) is 2.24. The Morgan fingerprint density at radius 1 is 1.29 bits per heavy atom. The lowest BCUT2D eigenvalue weighted by Gasteiger charge is -2.26. The molecule has 1 aromatic rings. The molecule has 0 unspecified atom stereocenters. The predicted octanol–water partition coefficient (Wildman–Crippen LogP) is 2.09. The van der Waals surface area contributed by atoms with Crippen molar-refractivity contribution in [3.05, 3.63) is 29.8 Å². The molecule has 1 amide bonds. The summed E-state index contributed by atoms with van der Waals surface area (Å²) in [7, 11) is 1.66. The molecule has 1 aliphatic carbocycles. The van der Waals surface area contributed by atoms with Crippen molar-refractivity contribution in [2.75, 3.05) is 26.7 Å². The Hall–Kier alpha value is -1.55. The molecule has 1 fully saturated rings. The Morgan fingerprint density at radius 2 is 1.95 bits per heavy atom. The van der Waals surface area contributed by atoms with Crippen LogP contribution in [0.4, 0.5) is 0 Å². The van der Waals surface area contributed by atoms with E-state index in [1.165, 1.54) is 18.4 Å². The minimum absolute atomic E-state index is 0.0669. The van der Waals surface area contributed by atoms with Crippen molar-refractivity contribution in [2.24, 2.45) is 5.92 Å². The first kappa shape index (κ1) is 15.8. The standard InChI is InChI=1S/C17H26N2O2/c1-17(2,14-6-8-15(21-3)9-7-14)12-19-16(20)11-18-10-13-4-5-13/h6-9,13,18H,4-5,10-12H2,1-3H3,(H,19,20). The number of benzene rings is 1. The van der Waals surface area contributed by atoms with Crippen LogP contribution in [0.3, 0.4) is 0 Å². The lowest BCUT2D eigenvalue weighted by Crippen LogP contribution is -2.41. The molecule has 0 spiro atoms. The molecular formula is C17H26N2O2. The van der Waals surface area contributed by atoms with Crippen molar-refractivity contribution in [2.45, 2.75) is 32.1 Å². The summed E-state index contributed by atoms with van der Waals surface area (Å²) in [5, 5.41) is 6.22. The van der Waals surface area contributed by atoms with Crippen LogP contribution < -0.4 is 15.4 Å². The number of hydrogen-bond donors (Lipinski definition) is 2. The third-order valence-electron chi connectivity index (χ3n) is 4.01. The van der Waals surface area contributed by atoms with Gasteiger partial charge in [0.1, 0.15) is 5.75 Å². The summed E-state index contributed by atoms with van der Waals surface area (Å²) in [5.74, 6) is 1.72. The van der Waals surface area contributed by atoms with Crippen molar-refractivity contribution >= 4 is 5.91 Å². The van der Waals surface area contributed by atoms with Crippen molar-refractivity contribution in [3.63, 3.8) is 0 Å². The third-order valence-corrected chi connectivity index (χ3v) is 4.01. The van der Waals surface area contributed by atoms with Crippen molar-refractivity contribution in [3.8, 4) is 5.75 Å². The largest absolute Gasteiger partial charge is 0.497 e. The molecule has 0 saturated heterocycles. The molecule has 2 rings (SSSR count). The molecule has 116 valence electrons. The Labute approximate surface area is 127 Å². The minimum atomic E-state index is -0.0988. The lowest BCUT2D eigenvalue weighted by atomic mass is 9.84. The second-order valence-corrected chi connectivity index (χ2v) is 6.46. The average molecular weight is 290 g/mol. The number of carbonyl (C=O) groups excluding carboxylic acids is 1. The van der Waals surface area contributed by atoms with Gasteiger partial charge >= 0.3 is 0 Å². The zero-order chi connectivity index (χ0) is 15.3. The van der Waals surface area contributed by atoms with E-state index in [9.17, 15) is 4.79 Å². The van der Waals surface area contributed by atoms with Crippen LogP contribution >= 0.6 is 0 Å². The van der Waals surface area contributed by atoms with Crippen LogP contribution in [0.2, 0.25) is 0 Å². The molecule has 1 aliphatic rings. The van der Waals surface area contributed by atoms with Gasteiger partial charge < -0.3 is 15.4 Å². The highest BCUT2D eigenvalue weighted by molar-refractivity contribution is 5.78.